The number of hydrogen-bond acceptors (Lipinski definition) is 4. The Bertz CT molecular complexity index is 159. The minimum atomic E-state index is -0.913. The zero-order chi connectivity index (χ0) is 10.9. The number of hydrogen-bond donors (Lipinski definition) is 3. The summed E-state index contributed by atoms with van der Waals surface area (Å²) in [6.45, 7) is 1.08. The first-order valence-electron chi connectivity index (χ1n) is 3.58. The summed E-state index contributed by atoms with van der Waals surface area (Å²) in [6, 6.07) is -0.683. The molecule has 0 radical (unpaired) electrons. The van der Waals surface area contributed by atoms with Gasteiger partial charge in [0.25, 0.3) is 5.97 Å². The molecule has 5 nitrogen and oxygen atoms in total. The Labute approximate surface area is 81.3 Å². The van der Waals surface area contributed by atoms with Crippen LogP contribution < -0.4 is 5.73 Å². The molecule has 0 aliphatic heterocycles. The molecule has 0 aliphatic rings. The van der Waals surface area contributed by atoms with Gasteiger partial charge in [0.1, 0.15) is 6.04 Å². The second-order valence-electron chi connectivity index (χ2n) is 2.25. The van der Waals surface area contributed by atoms with Crippen molar-refractivity contribution in [2.24, 2.45) is 5.73 Å². The molecule has 0 saturated heterocycles. The summed E-state index contributed by atoms with van der Waals surface area (Å²) in [6.07, 6.45) is 2.48. The Kier molecular flexibility index (Phi) is 10.6. The predicted molar refractivity (Wildman–Crippen MR) is 51.9 cm³/mol. The molecule has 0 bridgehead atoms. The number of carboxylic acid groups (broad SMARTS) is 2. The highest BCUT2D eigenvalue weighted by Crippen LogP contribution is 1.97. The van der Waals surface area contributed by atoms with Crippen molar-refractivity contribution < 1.29 is 19.8 Å². The third-order valence-electron chi connectivity index (χ3n) is 0.950. The van der Waals surface area contributed by atoms with E-state index in [0.717, 1.165) is 12.7 Å². The van der Waals surface area contributed by atoms with Gasteiger partial charge in [0.05, 0.1) is 0 Å². The monoisotopic (exact) mass is 209 g/mol. The Hall–Kier alpha value is -0.750. The van der Waals surface area contributed by atoms with Crippen LogP contribution in [-0.2, 0) is 9.59 Å². The van der Waals surface area contributed by atoms with Gasteiger partial charge in [-0.1, -0.05) is 0 Å². The van der Waals surface area contributed by atoms with Gasteiger partial charge in [-0.3, -0.25) is 9.59 Å². The maximum Gasteiger partial charge on any atom is 0.320 e. The molecule has 13 heavy (non-hydrogen) atoms. The van der Waals surface area contributed by atoms with Crippen LogP contribution >= 0.6 is 11.8 Å². The van der Waals surface area contributed by atoms with E-state index in [2.05, 4.69) is 0 Å². The highest BCUT2D eigenvalue weighted by atomic mass is 32.2. The SMILES string of the molecule is CC(=O)O.CSCCC(N)C(=O)O. The minimum absolute atomic E-state index is 0.552. The molecule has 6 heteroatoms. The average molecular weight is 209 g/mol. The standard InChI is InChI=1S/C5H11NO2S.C2H4O2/c1-9-3-2-4(6)5(7)8;1-2(3)4/h4H,2-3,6H2,1H3,(H,7,8);1H3,(H,3,4). The van der Waals surface area contributed by atoms with Crippen molar-refractivity contribution in [3.05, 3.63) is 0 Å². The van der Waals surface area contributed by atoms with Crippen molar-refractivity contribution in [1.82, 2.24) is 0 Å². The predicted octanol–water partition coefficient (Wildman–Crippen LogP) is 0.242. The lowest BCUT2D eigenvalue weighted by Crippen LogP contribution is -2.30. The highest BCUT2D eigenvalue weighted by Gasteiger charge is 2.08. The van der Waals surface area contributed by atoms with Crippen molar-refractivity contribution in [2.75, 3.05) is 12.0 Å². The normalized spacial score (nSPS) is 11.0. The fourth-order valence-electron chi connectivity index (χ4n) is 0.368. The maximum absolute atomic E-state index is 10.1. The van der Waals surface area contributed by atoms with Gasteiger partial charge in [0, 0.05) is 6.92 Å². The van der Waals surface area contributed by atoms with Crippen molar-refractivity contribution in [3.63, 3.8) is 0 Å². The van der Waals surface area contributed by atoms with Gasteiger partial charge in [-0.15, -0.1) is 0 Å². The van der Waals surface area contributed by atoms with Crippen LogP contribution in [0.15, 0.2) is 0 Å². The van der Waals surface area contributed by atoms with Crippen molar-refractivity contribution >= 4 is 23.7 Å². The van der Waals surface area contributed by atoms with Crippen molar-refractivity contribution in [2.45, 2.75) is 19.4 Å². The van der Waals surface area contributed by atoms with Crippen LogP contribution in [0.3, 0.4) is 0 Å². The van der Waals surface area contributed by atoms with Crippen molar-refractivity contribution in [1.29, 1.82) is 0 Å². The van der Waals surface area contributed by atoms with E-state index in [1.54, 1.807) is 11.8 Å². The number of thioether (sulfide) groups is 1. The first-order chi connectivity index (χ1) is 5.91. The molecule has 0 rings (SSSR count). The second-order valence-corrected chi connectivity index (χ2v) is 3.23. The number of carbonyl (C=O) groups is 2. The lowest BCUT2D eigenvalue weighted by Gasteiger charge is -2.02. The van der Waals surface area contributed by atoms with E-state index in [0.29, 0.717) is 6.42 Å². The second kappa shape index (κ2) is 9.34. The fraction of sp³-hybridized carbons (Fsp3) is 0.714. The Morgan fingerprint density at radius 1 is 1.46 bits per heavy atom. The summed E-state index contributed by atoms with van der Waals surface area (Å²) in [5, 5.41) is 15.7. The van der Waals surface area contributed by atoms with Gasteiger partial charge < -0.3 is 15.9 Å². The Morgan fingerprint density at radius 2 is 1.85 bits per heavy atom. The van der Waals surface area contributed by atoms with Crippen molar-refractivity contribution in [3.8, 4) is 0 Å². The van der Waals surface area contributed by atoms with Crippen LogP contribution in [-0.4, -0.2) is 40.2 Å². The minimum Gasteiger partial charge on any atom is -0.481 e. The molecule has 0 saturated carbocycles. The van der Waals surface area contributed by atoms with Crippen LogP contribution in [0.4, 0.5) is 0 Å². The molecule has 0 aromatic rings. The summed E-state index contributed by atoms with van der Waals surface area (Å²) in [4.78, 5) is 19.1. The van der Waals surface area contributed by atoms with Gasteiger partial charge in [0.2, 0.25) is 0 Å². The van der Waals surface area contributed by atoms with Gasteiger partial charge in [-0.05, 0) is 18.4 Å². The molecular weight excluding hydrogens is 194 g/mol. The van der Waals surface area contributed by atoms with Gasteiger partial charge >= 0.3 is 5.97 Å². The third kappa shape index (κ3) is 18.3. The quantitative estimate of drug-likeness (QED) is 0.613. The Morgan fingerprint density at radius 3 is 2.08 bits per heavy atom. The van der Waals surface area contributed by atoms with Crippen LogP contribution in [0, 0.1) is 0 Å². The molecule has 0 aliphatic carbocycles. The maximum atomic E-state index is 10.1. The molecule has 78 valence electrons. The fourth-order valence-corrected chi connectivity index (χ4v) is 0.858. The van der Waals surface area contributed by atoms with E-state index in [1.165, 1.54) is 0 Å². The van der Waals surface area contributed by atoms with E-state index >= 15 is 0 Å². The van der Waals surface area contributed by atoms with Crippen LogP contribution in [0.1, 0.15) is 13.3 Å². The summed E-state index contributed by atoms with van der Waals surface area (Å²) in [5.74, 6) is -0.933. The first-order valence-corrected chi connectivity index (χ1v) is 4.98. The molecule has 0 aromatic carbocycles. The molecule has 0 heterocycles. The number of rotatable bonds is 4. The third-order valence-corrected chi connectivity index (χ3v) is 1.59. The molecule has 0 fully saturated rings. The lowest BCUT2D eigenvalue weighted by atomic mass is 10.2. The largest absolute Gasteiger partial charge is 0.481 e. The molecule has 0 amide bonds. The smallest absolute Gasteiger partial charge is 0.320 e. The van der Waals surface area contributed by atoms with E-state index < -0.39 is 18.0 Å². The average Bonchev–Trinajstić information content (AvgIpc) is 1.98. The van der Waals surface area contributed by atoms with E-state index in [4.69, 9.17) is 20.7 Å². The molecular formula is C7H15NO4S. The zero-order valence-corrected chi connectivity index (χ0v) is 8.50. The van der Waals surface area contributed by atoms with Gasteiger partial charge in [0.15, 0.2) is 0 Å². The number of carboxylic acids is 2. The van der Waals surface area contributed by atoms with Gasteiger partial charge in [-0.25, -0.2) is 0 Å². The van der Waals surface area contributed by atoms with E-state index in [-0.39, 0.29) is 0 Å². The molecule has 0 spiro atoms. The van der Waals surface area contributed by atoms with Crippen LogP contribution in [0.25, 0.3) is 0 Å². The number of nitrogens with two attached hydrogens (primary N) is 1. The van der Waals surface area contributed by atoms with E-state index in [9.17, 15) is 4.79 Å². The van der Waals surface area contributed by atoms with Crippen LogP contribution in [0.5, 0.6) is 0 Å². The highest BCUT2D eigenvalue weighted by molar-refractivity contribution is 7.98. The molecule has 0 aromatic heterocycles. The summed E-state index contributed by atoms with van der Waals surface area (Å²) < 4.78 is 0. The lowest BCUT2D eigenvalue weighted by molar-refractivity contribution is -0.138. The van der Waals surface area contributed by atoms with E-state index in [1.807, 2.05) is 6.26 Å². The first kappa shape index (κ1) is 14.8. The summed E-state index contributed by atoms with van der Waals surface area (Å²) in [7, 11) is 0. The summed E-state index contributed by atoms with van der Waals surface area (Å²) in [5.41, 5.74) is 5.19. The van der Waals surface area contributed by atoms with Gasteiger partial charge in [-0.2, -0.15) is 11.8 Å². The number of aliphatic carboxylic acids is 2. The topological polar surface area (TPSA) is 101 Å². The van der Waals surface area contributed by atoms with Crippen LogP contribution in [0.2, 0.25) is 0 Å². The zero-order valence-electron chi connectivity index (χ0n) is 7.69. The summed E-state index contributed by atoms with van der Waals surface area (Å²) >= 11 is 1.60. The Balaban J connectivity index is 0. The molecule has 4 N–H and O–H groups in total. The molecule has 1 atom stereocenters. The molecule has 1 unspecified atom stereocenters.